The van der Waals surface area contributed by atoms with Gasteiger partial charge in [-0.15, -0.1) is 0 Å². The van der Waals surface area contributed by atoms with Gasteiger partial charge in [0.1, 0.15) is 0 Å². The van der Waals surface area contributed by atoms with E-state index in [9.17, 15) is 19.5 Å². The first-order valence-electron chi connectivity index (χ1n) is 10.2. The van der Waals surface area contributed by atoms with Crippen LogP contribution in [-0.4, -0.2) is 49.9 Å². The molecule has 1 heterocycles. The van der Waals surface area contributed by atoms with Crippen molar-refractivity contribution in [3.8, 4) is 11.1 Å². The molecule has 0 fully saturated rings. The first kappa shape index (κ1) is 24.2. The van der Waals surface area contributed by atoms with Crippen LogP contribution >= 0.6 is 11.8 Å². The van der Waals surface area contributed by atoms with Crippen molar-refractivity contribution in [3.05, 3.63) is 66.6 Å². The lowest BCUT2D eigenvalue weighted by Crippen LogP contribution is -2.55. The number of rotatable bonds is 9. The van der Waals surface area contributed by atoms with Gasteiger partial charge in [0.2, 0.25) is 5.91 Å². The van der Waals surface area contributed by atoms with Crippen LogP contribution in [0, 0.1) is 0 Å². The van der Waals surface area contributed by atoms with Crippen molar-refractivity contribution in [2.75, 3.05) is 16.9 Å². The van der Waals surface area contributed by atoms with Gasteiger partial charge in [-0.1, -0.05) is 36.4 Å². The summed E-state index contributed by atoms with van der Waals surface area (Å²) in [5.41, 5.74) is 6.21. The molecule has 0 saturated carbocycles. The molecule has 0 spiro atoms. The number of ketones is 1. The molecule has 0 radical (unpaired) electrons. The Bertz CT molecular complexity index is 1180. The van der Waals surface area contributed by atoms with Crippen molar-refractivity contribution in [1.29, 1.82) is 0 Å². The lowest BCUT2D eigenvalue weighted by atomic mass is 9.84. The summed E-state index contributed by atoms with van der Waals surface area (Å²) in [6.07, 6.45) is 5.20. The van der Waals surface area contributed by atoms with Gasteiger partial charge >= 0.3 is 5.97 Å². The van der Waals surface area contributed by atoms with Gasteiger partial charge in [-0.25, -0.2) is 9.78 Å². The van der Waals surface area contributed by atoms with Gasteiger partial charge in [0, 0.05) is 25.7 Å². The number of hydrogen-bond donors (Lipinski definition) is 2. The summed E-state index contributed by atoms with van der Waals surface area (Å²) >= 11 is 1.43. The Kier molecular flexibility index (Phi) is 7.35. The predicted molar refractivity (Wildman–Crippen MR) is 130 cm³/mol. The van der Waals surface area contributed by atoms with Crippen molar-refractivity contribution in [2.45, 2.75) is 18.9 Å². The molecule has 0 aliphatic rings. The number of nitrogens with zero attached hydrogens (tertiary/aromatic N) is 3. The number of anilines is 2. The molecule has 1 amide bonds. The molecule has 8 nitrogen and oxygen atoms in total. The third-order valence-corrected chi connectivity index (χ3v) is 5.94. The number of carboxylic acid groups (broad SMARTS) is 1. The Balaban J connectivity index is 1.99. The fourth-order valence-electron chi connectivity index (χ4n) is 3.53. The van der Waals surface area contributed by atoms with Gasteiger partial charge in [-0.05, 0) is 41.7 Å². The maximum Gasteiger partial charge on any atom is 0.331 e. The van der Waals surface area contributed by atoms with Gasteiger partial charge in [0.05, 0.1) is 12.0 Å². The Morgan fingerprint density at radius 1 is 1.15 bits per heavy atom. The standard InChI is InChI=1S/C24H26N4O4S/c1-16(29)28(21-14-27(2)15-26-21)18-10-8-17(9-11-18)19-6-4-5-7-20(19)22(30)24(25,23(31)32)12-13-33-3/h4-11,14-15H,12-13,25H2,1-3H3,(H,31,32). The number of carbonyl (C=O) groups is 3. The summed E-state index contributed by atoms with van der Waals surface area (Å²) in [5.74, 6) is -1.24. The number of carboxylic acids is 1. The number of aryl methyl sites for hydroxylation is 1. The van der Waals surface area contributed by atoms with E-state index in [0.717, 1.165) is 0 Å². The van der Waals surface area contributed by atoms with Gasteiger partial charge in [-0.3, -0.25) is 14.5 Å². The molecular formula is C24H26N4O4S. The summed E-state index contributed by atoms with van der Waals surface area (Å²) in [7, 11) is 1.82. The van der Waals surface area contributed by atoms with Crippen LogP contribution in [-0.2, 0) is 16.6 Å². The monoisotopic (exact) mass is 466 g/mol. The number of imidazole rings is 1. The zero-order chi connectivity index (χ0) is 24.2. The topological polar surface area (TPSA) is 119 Å². The fourth-order valence-corrected chi connectivity index (χ4v) is 4.06. The molecule has 3 aromatic rings. The van der Waals surface area contributed by atoms with E-state index in [1.165, 1.54) is 23.6 Å². The minimum Gasteiger partial charge on any atom is -0.480 e. The molecule has 9 heteroatoms. The first-order valence-corrected chi connectivity index (χ1v) is 11.6. The zero-order valence-electron chi connectivity index (χ0n) is 18.7. The molecule has 0 saturated heterocycles. The molecule has 172 valence electrons. The summed E-state index contributed by atoms with van der Waals surface area (Å²) < 4.78 is 1.75. The van der Waals surface area contributed by atoms with E-state index in [1.54, 1.807) is 65.6 Å². The largest absolute Gasteiger partial charge is 0.480 e. The van der Waals surface area contributed by atoms with Crippen molar-refractivity contribution < 1.29 is 19.5 Å². The number of amides is 1. The molecule has 3 N–H and O–H groups in total. The minimum absolute atomic E-state index is 0.0211. The SMILES string of the molecule is CSCCC(N)(C(=O)O)C(=O)c1ccccc1-c1ccc(N(C(C)=O)c2cn(C)cn2)cc1. The lowest BCUT2D eigenvalue weighted by Gasteiger charge is -2.24. The van der Waals surface area contributed by atoms with Crippen molar-refractivity contribution in [2.24, 2.45) is 12.8 Å². The van der Waals surface area contributed by atoms with Gasteiger partial charge in [0.25, 0.3) is 0 Å². The average Bonchev–Trinajstić information content (AvgIpc) is 3.22. The average molecular weight is 467 g/mol. The van der Waals surface area contributed by atoms with Crippen LogP contribution in [0.25, 0.3) is 11.1 Å². The molecular weight excluding hydrogens is 440 g/mol. The smallest absolute Gasteiger partial charge is 0.331 e. The van der Waals surface area contributed by atoms with Crippen molar-refractivity contribution >= 4 is 40.9 Å². The van der Waals surface area contributed by atoms with E-state index in [-0.39, 0.29) is 17.9 Å². The molecule has 1 atom stereocenters. The Morgan fingerprint density at radius 2 is 1.82 bits per heavy atom. The Labute approximate surface area is 196 Å². The lowest BCUT2D eigenvalue weighted by molar-refractivity contribution is -0.141. The molecule has 0 aliphatic carbocycles. The van der Waals surface area contributed by atoms with Crippen LogP contribution in [0.1, 0.15) is 23.7 Å². The van der Waals surface area contributed by atoms with E-state index in [0.29, 0.717) is 28.4 Å². The van der Waals surface area contributed by atoms with Crippen LogP contribution in [0.5, 0.6) is 0 Å². The van der Waals surface area contributed by atoms with Gasteiger partial charge in [0.15, 0.2) is 17.1 Å². The van der Waals surface area contributed by atoms with Crippen LogP contribution < -0.4 is 10.6 Å². The fraction of sp³-hybridized carbons (Fsp3) is 0.250. The summed E-state index contributed by atoms with van der Waals surface area (Å²) in [6.45, 7) is 1.46. The maximum atomic E-state index is 13.3. The van der Waals surface area contributed by atoms with E-state index < -0.39 is 17.3 Å². The molecule has 33 heavy (non-hydrogen) atoms. The predicted octanol–water partition coefficient (Wildman–Crippen LogP) is 3.49. The Hall–Kier alpha value is -3.43. The number of aliphatic carboxylic acids is 1. The van der Waals surface area contributed by atoms with E-state index in [2.05, 4.69) is 4.98 Å². The second-order valence-electron chi connectivity index (χ2n) is 7.69. The van der Waals surface area contributed by atoms with Gasteiger partial charge < -0.3 is 15.4 Å². The number of aromatic nitrogens is 2. The second-order valence-corrected chi connectivity index (χ2v) is 8.68. The molecule has 2 aromatic carbocycles. The third kappa shape index (κ3) is 4.99. The number of benzene rings is 2. The molecule has 1 unspecified atom stereocenters. The highest BCUT2D eigenvalue weighted by Gasteiger charge is 2.42. The van der Waals surface area contributed by atoms with Crippen molar-refractivity contribution in [3.63, 3.8) is 0 Å². The molecule has 3 rings (SSSR count). The quantitative estimate of drug-likeness (QED) is 0.366. The normalized spacial score (nSPS) is 12.7. The number of hydrogen-bond acceptors (Lipinski definition) is 6. The third-order valence-electron chi connectivity index (χ3n) is 5.33. The minimum atomic E-state index is -2.01. The van der Waals surface area contributed by atoms with E-state index in [4.69, 9.17) is 5.73 Å². The Morgan fingerprint density at radius 3 is 2.36 bits per heavy atom. The zero-order valence-corrected chi connectivity index (χ0v) is 19.5. The number of Topliss-reactive ketones (excluding diaryl/α,β-unsaturated/α-hetero) is 1. The summed E-state index contributed by atoms with van der Waals surface area (Å²) in [4.78, 5) is 43.2. The number of carbonyl (C=O) groups excluding carboxylic acids is 2. The van der Waals surface area contributed by atoms with Gasteiger partial charge in [-0.2, -0.15) is 11.8 Å². The van der Waals surface area contributed by atoms with E-state index >= 15 is 0 Å². The van der Waals surface area contributed by atoms with Crippen LogP contribution in [0.3, 0.4) is 0 Å². The highest BCUT2D eigenvalue weighted by atomic mass is 32.2. The maximum absolute atomic E-state index is 13.3. The van der Waals surface area contributed by atoms with Crippen LogP contribution in [0.15, 0.2) is 61.1 Å². The first-order chi connectivity index (χ1) is 15.7. The number of nitrogens with two attached hydrogens (primary N) is 1. The van der Waals surface area contributed by atoms with E-state index in [1.807, 2.05) is 13.3 Å². The summed E-state index contributed by atoms with van der Waals surface area (Å²) in [5, 5.41) is 9.71. The highest BCUT2D eigenvalue weighted by molar-refractivity contribution is 7.98. The van der Waals surface area contributed by atoms with Crippen LogP contribution in [0.4, 0.5) is 11.5 Å². The molecule has 1 aromatic heterocycles. The molecule has 0 bridgehead atoms. The van der Waals surface area contributed by atoms with Crippen LogP contribution in [0.2, 0.25) is 0 Å². The number of thioether (sulfide) groups is 1. The molecule has 0 aliphatic heterocycles. The summed E-state index contributed by atoms with van der Waals surface area (Å²) in [6, 6.07) is 13.9. The second kappa shape index (κ2) is 10.0. The highest BCUT2D eigenvalue weighted by Crippen LogP contribution is 2.31. The van der Waals surface area contributed by atoms with Crippen molar-refractivity contribution in [1.82, 2.24) is 9.55 Å².